The smallest absolute Gasteiger partial charge is 0.319 e. The molecule has 1 fully saturated rings. The number of nitrogens with zero attached hydrogens (tertiary/aromatic N) is 3. The van der Waals surface area contributed by atoms with Gasteiger partial charge in [-0.3, -0.25) is 14.3 Å². The number of aliphatic hydroxyl groups is 1. The van der Waals surface area contributed by atoms with Crippen LogP contribution in [0.2, 0.25) is 0 Å². The molecule has 0 unspecified atom stereocenters. The average Bonchev–Trinajstić information content (AvgIpc) is 2.82. The van der Waals surface area contributed by atoms with Gasteiger partial charge in [-0.1, -0.05) is 0 Å². The molecule has 1 aliphatic rings. The lowest BCUT2D eigenvalue weighted by Crippen LogP contribution is -2.53. The summed E-state index contributed by atoms with van der Waals surface area (Å²) < 4.78 is 26.9. The molecule has 0 spiro atoms. The first-order valence-corrected chi connectivity index (χ1v) is 7.02. The standard InChI is InChI=1S/C14H21F2N3O2/c1-10-3-4-12(19(10)14(15)16)13(21)18-7-6-17(2)11(9-18)5-8-20/h3-4,11,14,20H,5-9H2,1-2H3/t11-/m1/s1. The first kappa shape index (κ1) is 15.9. The fraction of sp³-hybridized carbons (Fsp3) is 0.643. The third-order valence-electron chi connectivity index (χ3n) is 4.06. The summed E-state index contributed by atoms with van der Waals surface area (Å²) in [6.07, 6.45) is 0.565. The molecule has 7 heteroatoms. The first-order chi connectivity index (χ1) is 9.95. The van der Waals surface area contributed by atoms with Crippen LogP contribution in [0, 0.1) is 6.92 Å². The molecule has 1 atom stereocenters. The molecule has 1 saturated heterocycles. The SMILES string of the molecule is Cc1ccc(C(=O)N2CCN(C)[C@H](CCO)C2)n1C(F)F. The van der Waals surface area contributed by atoms with Gasteiger partial charge < -0.3 is 10.0 Å². The van der Waals surface area contributed by atoms with Crippen molar-refractivity contribution >= 4 is 5.91 Å². The quantitative estimate of drug-likeness (QED) is 0.913. The number of halogens is 2. The molecule has 0 radical (unpaired) electrons. The molecule has 2 heterocycles. The first-order valence-electron chi connectivity index (χ1n) is 7.02. The van der Waals surface area contributed by atoms with Crippen LogP contribution < -0.4 is 0 Å². The van der Waals surface area contributed by atoms with Crippen LogP contribution in [0.3, 0.4) is 0 Å². The Kier molecular flexibility index (Phi) is 4.95. The van der Waals surface area contributed by atoms with Gasteiger partial charge >= 0.3 is 6.55 Å². The Balaban J connectivity index is 2.17. The molecule has 118 valence electrons. The lowest BCUT2D eigenvalue weighted by atomic mass is 10.1. The van der Waals surface area contributed by atoms with Crippen molar-refractivity contribution in [3.63, 3.8) is 0 Å². The van der Waals surface area contributed by atoms with Gasteiger partial charge in [0.15, 0.2) is 0 Å². The molecule has 0 aliphatic carbocycles. The number of hydrogen-bond donors (Lipinski definition) is 1. The van der Waals surface area contributed by atoms with Gasteiger partial charge in [-0.05, 0) is 32.5 Å². The number of aryl methyl sites for hydroxylation is 1. The van der Waals surface area contributed by atoms with Crippen LogP contribution >= 0.6 is 0 Å². The molecule has 21 heavy (non-hydrogen) atoms. The molecule has 1 aromatic heterocycles. The van der Waals surface area contributed by atoms with Gasteiger partial charge in [0, 0.05) is 38.0 Å². The fourth-order valence-corrected chi connectivity index (χ4v) is 2.74. The van der Waals surface area contributed by atoms with E-state index in [2.05, 4.69) is 4.90 Å². The van der Waals surface area contributed by atoms with E-state index in [4.69, 9.17) is 5.11 Å². The maximum absolute atomic E-state index is 13.1. The van der Waals surface area contributed by atoms with Gasteiger partial charge in [0.05, 0.1) is 0 Å². The highest BCUT2D eigenvalue weighted by molar-refractivity contribution is 5.93. The summed E-state index contributed by atoms with van der Waals surface area (Å²) in [4.78, 5) is 16.2. The monoisotopic (exact) mass is 301 g/mol. The van der Waals surface area contributed by atoms with Crippen LogP contribution in [-0.2, 0) is 0 Å². The van der Waals surface area contributed by atoms with Crippen LogP contribution in [0.15, 0.2) is 12.1 Å². The van der Waals surface area contributed by atoms with E-state index in [1.54, 1.807) is 11.8 Å². The summed E-state index contributed by atoms with van der Waals surface area (Å²) in [5, 5.41) is 9.07. The Labute approximate surface area is 122 Å². The van der Waals surface area contributed by atoms with E-state index in [0.29, 0.717) is 31.7 Å². The number of carbonyl (C=O) groups is 1. The van der Waals surface area contributed by atoms with Crippen molar-refractivity contribution < 1.29 is 18.7 Å². The maximum Gasteiger partial charge on any atom is 0.319 e. The van der Waals surface area contributed by atoms with E-state index in [1.807, 2.05) is 7.05 Å². The number of hydrogen-bond acceptors (Lipinski definition) is 3. The summed E-state index contributed by atoms with van der Waals surface area (Å²) in [6, 6.07) is 3.04. The molecule has 0 bridgehead atoms. The van der Waals surface area contributed by atoms with Crippen LogP contribution in [-0.4, -0.2) is 64.7 Å². The van der Waals surface area contributed by atoms with Crippen LogP contribution in [0.5, 0.6) is 0 Å². The van der Waals surface area contributed by atoms with E-state index in [9.17, 15) is 13.6 Å². The predicted octanol–water partition coefficient (Wildman–Crippen LogP) is 1.33. The topological polar surface area (TPSA) is 48.7 Å². The van der Waals surface area contributed by atoms with E-state index < -0.39 is 6.55 Å². The van der Waals surface area contributed by atoms with Crippen molar-refractivity contribution in [2.45, 2.75) is 25.9 Å². The number of aliphatic hydroxyl groups excluding tert-OH is 1. The number of rotatable bonds is 4. The molecule has 2 rings (SSSR count). The van der Waals surface area contributed by atoms with Crippen molar-refractivity contribution in [3.8, 4) is 0 Å². The lowest BCUT2D eigenvalue weighted by Gasteiger charge is -2.39. The minimum absolute atomic E-state index is 0.0230. The van der Waals surface area contributed by atoms with E-state index in [1.165, 1.54) is 12.1 Å². The molecule has 1 amide bonds. The molecular formula is C14H21F2N3O2. The Morgan fingerprint density at radius 1 is 1.43 bits per heavy atom. The van der Waals surface area contributed by atoms with E-state index in [0.717, 1.165) is 4.57 Å². The highest BCUT2D eigenvalue weighted by Gasteiger charge is 2.30. The van der Waals surface area contributed by atoms with Crippen molar-refractivity contribution in [3.05, 3.63) is 23.5 Å². The summed E-state index contributed by atoms with van der Waals surface area (Å²) in [5.74, 6) is -0.376. The summed E-state index contributed by atoms with van der Waals surface area (Å²) in [5.41, 5.74) is 0.393. The Bertz CT molecular complexity index is 504. The van der Waals surface area contributed by atoms with Gasteiger partial charge in [-0.25, -0.2) is 0 Å². The fourth-order valence-electron chi connectivity index (χ4n) is 2.74. The summed E-state index contributed by atoms with van der Waals surface area (Å²) in [7, 11) is 1.94. The van der Waals surface area contributed by atoms with E-state index >= 15 is 0 Å². The highest BCUT2D eigenvalue weighted by atomic mass is 19.3. The average molecular weight is 301 g/mol. The number of piperazine rings is 1. The molecule has 5 nitrogen and oxygen atoms in total. The van der Waals surface area contributed by atoms with Crippen molar-refractivity contribution in [1.82, 2.24) is 14.4 Å². The maximum atomic E-state index is 13.1. The zero-order chi connectivity index (χ0) is 15.6. The van der Waals surface area contributed by atoms with Gasteiger partial charge in [0.25, 0.3) is 5.91 Å². The highest BCUT2D eigenvalue weighted by Crippen LogP contribution is 2.21. The van der Waals surface area contributed by atoms with Crippen LogP contribution in [0.4, 0.5) is 8.78 Å². The molecule has 0 aromatic carbocycles. The van der Waals surface area contributed by atoms with Gasteiger partial charge in [0.1, 0.15) is 5.69 Å². The van der Waals surface area contributed by atoms with Crippen molar-refractivity contribution in [2.75, 3.05) is 33.3 Å². The summed E-state index contributed by atoms with van der Waals surface area (Å²) in [6.45, 7) is 0.504. The van der Waals surface area contributed by atoms with Gasteiger partial charge in [0.2, 0.25) is 0 Å². The predicted molar refractivity (Wildman–Crippen MR) is 74.4 cm³/mol. The molecule has 0 saturated carbocycles. The number of likely N-dealkylation sites (N-methyl/N-ethyl adjacent to an activating group) is 1. The molecule has 1 N–H and O–H groups in total. The van der Waals surface area contributed by atoms with Gasteiger partial charge in [-0.15, -0.1) is 0 Å². The molecular weight excluding hydrogens is 280 g/mol. The van der Waals surface area contributed by atoms with Crippen LogP contribution in [0.1, 0.15) is 29.2 Å². The second kappa shape index (κ2) is 6.53. The zero-order valence-corrected chi connectivity index (χ0v) is 12.3. The minimum atomic E-state index is -2.72. The van der Waals surface area contributed by atoms with Crippen molar-refractivity contribution in [2.24, 2.45) is 0 Å². The third kappa shape index (κ3) is 3.24. The van der Waals surface area contributed by atoms with E-state index in [-0.39, 0.29) is 24.2 Å². The Morgan fingerprint density at radius 2 is 2.14 bits per heavy atom. The summed E-state index contributed by atoms with van der Waals surface area (Å²) >= 11 is 0. The second-order valence-corrected chi connectivity index (χ2v) is 5.41. The zero-order valence-electron chi connectivity index (χ0n) is 12.3. The van der Waals surface area contributed by atoms with Gasteiger partial charge in [-0.2, -0.15) is 8.78 Å². The molecule has 1 aliphatic heterocycles. The van der Waals surface area contributed by atoms with Crippen LogP contribution in [0.25, 0.3) is 0 Å². The molecule has 1 aromatic rings. The normalized spacial score (nSPS) is 20.3. The number of carbonyl (C=O) groups excluding carboxylic acids is 1. The van der Waals surface area contributed by atoms with Crippen molar-refractivity contribution in [1.29, 1.82) is 0 Å². The Morgan fingerprint density at radius 3 is 2.76 bits per heavy atom. The number of aromatic nitrogens is 1. The minimum Gasteiger partial charge on any atom is -0.396 e. The number of alkyl halides is 2. The third-order valence-corrected chi connectivity index (χ3v) is 4.06. The second-order valence-electron chi connectivity index (χ2n) is 5.41. The largest absolute Gasteiger partial charge is 0.396 e. The number of amides is 1. The Hall–Kier alpha value is -1.47. The lowest BCUT2D eigenvalue weighted by molar-refractivity contribution is 0.0411.